The summed E-state index contributed by atoms with van der Waals surface area (Å²) in [5, 5.41) is 1.60. The van der Waals surface area contributed by atoms with Gasteiger partial charge in [-0.15, -0.1) is 0 Å². The van der Waals surface area contributed by atoms with Crippen LogP contribution in [-0.4, -0.2) is 18.0 Å². The van der Waals surface area contributed by atoms with Crippen molar-refractivity contribution in [3.8, 4) is 11.4 Å². The molecule has 0 fully saturated rings. The number of hydrogen-bond acceptors (Lipinski definition) is 3. The molecule has 0 atom stereocenters. The summed E-state index contributed by atoms with van der Waals surface area (Å²) in [4.78, 5) is 23.8. The zero-order chi connectivity index (χ0) is 15.7. The van der Waals surface area contributed by atoms with Gasteiger partial charge in [0, 0.05) is 17.3 Å². The third-order valence-electron chi connectivity index (χ3n) is 3.78. The Hall–Kier alpha value is -2.88. The predicted molar refractivity (Wildman–Crippen MR) is 86.2 cm³/mol. The average Bonchev–Trinajstić information content (AvgIpc) is 2.55. The molecule has 1 aromatic heterocycles. The monoisotopic (exact) mass is 293 g/mol. The lowest BCUT2D eigenvalue weighted by molar-refractivity contribution is 0.112. The topological polar surface area (TPSA) is 48.3 Å². The molecule has 0 N–H and O–H groups in total. The van der Waals surface area contributed by atoms with Crippen LogP contribution in [0.5, 0.6) is 5.75 Å². The second-order valence-electron chi connectivity index (χ2n) is 5.07. The van der Waals surface area contributed by atoms with Crippen molar-refractivity contribution in [2.45, 2.75) is 6.92 Å². The highest BCUT2D eigenvalue weighted by molar-refractivity contribution is 5.85. The number of fused-ring (bicyclic) bond motifs is 1. The Labute approximate surface area is 127 Å². The Morgan fingerprint density at radius 1 is 1.09 bits per heavy atom. The second-order valence-corrected chi connectivity index (χ2v) is 5.07. The Kier molecular flexibility index (Phi) is 3.51. The van der Waals surface area contributed by atoms with Crippen molar-refractivity contribution in [3.63, 3.8) is 0 Å². The summed E-state index contributed by atoms with van der Waals surface area (Å²) in [6.07, 6.45) is 2.45. The van der Waals surface area contributed by atoms with Crippen LogP contribution in [0.4, 0.5) is 0 Å². The highest BCUT2D eigenvalue weighted by atomic mass is 16.5. The molecular weight excluding hydrogens is 278 g/mol. The van der Waals surface area contributed by atoms with E-state index in [-0.39, 0.29) is 5.56 Å². The Morgan fingerprint density at radius 2 is 1.91 bits per heavy atom. The fourth-order valence-corrected chi connectivity index (χ4v) is 2.60. The molecule has 0 aliphatic rings. The van der Waals surface area contributed by atoms with E-state index < -0.39 is 0 Å². The summed E-state index contributed by atoms with van der Waals surface area (Å²) in [6, 6.07) is 12.7. The number of aromatic nitrogens is 1. The van der Waals surface area contributed by atoms with Crippen LogP contribution in [0.3, 0.4) is 0 Å². The average molecular weight is 293 g/mol. The number of ether oxygens (including phenoxy) is 1. The highest BCUT2D eigenvalue weighted by Crippen LogP contribution is 2.21. The van der Waals surface area contributed by atoms with Crippen LogP contribution in [0.2, 0.25) is 0 Å². The number of aryl methyl sites for hydroxylation is 1. The molecule has 0 unspecified atom stereocenters. The standard InChI is InChI=1S/C18H15NO3/c1-12-4-3-5-16-15(12)8-9-19(18(16)21)14-6-7-17(22-2)13(10-14)11-20/h3-11H,1-2H3. The Balaban J connectivity index is 2.25. The number of carbonyl (C=O) groups is 1. The fraction of sp³-hybridized carbons (Fsp3) is 0.111. The first kappa shape index (κ1) is 14.1. The molecule has 0 radical (unpaired) electrons. The maximum absolute atomic E-state index is 12.7. The second kappa shape index (κ2) is 5.48. The van der Waals surface area contributed by atoms with Gasteiger partial charge >= 0.3 is 0 Å². The van der Waals surface area contributed by atoms with E-state index in [0.29, 0.717) is 22.4 Å². The molecule has 0 bridgehead atoms. The van der Waals surface area contributed by atoms with Gasteiger partial charge in [0.05, 0.1) is 12.7 Å². The Morgan fingerprint density at radius 3 is 2.64 bits per heavy atom. The normalized spacial score (nSPS) is 10.6. The van der Waals surface area contributed by atoms with Gasteiger partial charge < -0.3 is 4.74 Å². The first-order chi connectivity index (χ1) is 10.7. The number of methoxy groups -OCH3 is 1. The van der Waals surface area contributed by atoms with Gasteiger partial charge in [-0.3, -0.25) is 14.2 Å². The number of benzene rings is 2. The van der Waals surface area contributed by atoms with Gasteiger partial charge in [-0.1, -0.05) is 12.1 Å². The number of pyridine rings is 1. The molecule has 1 heterocycles. The molecule has 4 heteroatoms. The summed E-state index contributed by atoms with van der Waals surface area (Å²) >= 11 is 0. The summed E-state index contributed by atoms with van der Waals surface area (Å²) in [7, 11) is 1.51. The molecule has 0 saturated heterocycles. The van der Waals surface area contributed by atoms with Gasteiger partial charge in [-0.25, -0.2) is 0 Å². The van der Waals surface area contributed by atoms with E-state index in [2.05, 4.69) is 0 Å². The van der Waals surface area contributed by atoms with Gasteiger partial charge in [-0.05, 0) is 48.2 Å². The van der Waals surface area contributed by atoms with E-state index in [1.165, 1.54) is 11.7 Å². The predicted octanol–water partition coefficient (Wildman–Crippen LogP) is 3.12. The molecule has 0 saturated carbocycles. The van der Waals surface area contributed by atoms with Gasteiger partial charge in [0.15, 0.2) is 6.29 Å². The minimum absolute atomic E-state index is 0.108. The summed E-state index contributed by atoms with van der Waals surface area (Å²) in [5.74, 6) is 0.489. The largest absolute Gasteiger partial charge is 0.496 e. The third kappa shape index (κ3) is 2.19. The minimum atomic E-state index is -0.108. The number of rotatable bonds is 3. The van der Waals surface area contributed by atoms with Crippen LogP contribution in [0.25, 0.3) is 16.5 Å². The highest BCUT2D eigenvalue weighted by Gasteiger charge is 2.09. The molecule has 3 rings (SSSR count). The minimum Gasteiger partial charge on any atom is -0.496 e. The molecule has 3 aromatic rings. The molecule has 0 amide bonds. The first-order valence-electron chi connectivity index (χ1n) is 6.90. The summed E-state index contributed by atoms with van der Waals surface area (Å²) in [6.45, 7) is 1.98. The van der Waals surface area contributed by atoms with Crippen molar-refractivity contribution >= 4 is 17.1 Å². The van der Waals surface area contributed by atoms with Crippen LogP contribution in [-0.2, 0) is 0 Å². The van der Waals surface area contributed by atoms with Crippen molar-refractivity contribution in [3.05, 3.63) is 70.1 Å². The maximum atomic E-state index is 12.7. The van der Waals surface area contributed by atoms with Gasteiger partial charge in [-0.2, -0.15) is 0 Å². The number of nitrogens with zero attached hydrogens (tertiary/aromatic N) is 1. The smallest absolute Gasteiger partial charge is 0.262 e. The van der Waals surface area contributed by atoms with Crippen molar-refractivity contribution in [2.24, 2.45) is 0 Å². The van der Waals surface area contributed by atoms with Gasteiger partial charge in [0.2, 0.25) is 0 Å². The van der Waals surface area contributed by atoms with Crippen LogP contribution in [0, 0.1) is 6.92 Å². The number of hydrogen-bond donors (Lipinski definition) is 0. The van der Waals surface area contributed by atoms with E-state index in [1.807, 2.05) is 31.2 Å². The van der Waals surface area contributed by atoms with E-state index in [1.54, 1.807) is 24.4 Å². The lowest BCUT2D eigenvalue weighted by Gasteiger charge is -2.10. The van der Waals surface area contributed by atoms with E-state index in [4.69, 9.17) is 4.74 Å². The van der Waals surface area contributed by atoms with Crippen LogP contribution in [0.15, 0.2) is 53.5 Å². The third-order valence-corrected chi connectivity index (χ3v) is 3.78. The zero-order valence-electron chi connectivity index (χ0n) is 12.4. The SMILES string of the molecule is COc1ccc(-n2ccc3c(C)cccc3c2=O)cc1C=O. The summed E-state index contributed by atoms with van der Waals surface area (Å²) in [5.41, 5.74) is 2.00. The van der Waals surface area contributed by atoms with Gasteiger partial charge in [0.1, 0.15) is 5.75 Å². The first-order valence-corrected chi connectivity index (χ1v) is 6.90. The summed E-state index contributed by atoms with van der Waals surface area (Å²) < 4.78 is 6.66. The van der Waals surface area contributed by atoms with Crippen molar-refractivity contribution in [2.75, 3.05) is 7.11 Å². The molecule has 22 heavy (non-hydrogen) atoms. The van der Waals surface area contributed by atoms with Crippen molar-refractivity contribution < 1.29 is 9.53 Å². The molecule has 0 aliphatic carbocycles. The van der Waals surface area contributed by atoms with E-state index in [9.17, 15) is 9.59 Å². The van der Waals surface area contributed by atoms with Crippen LogP contribution >= 0.6 is 0 Å². The fourth-order valence-electron chi connectivity index (χ4n) is 2.60. The number of carbonyl (C=O) groups excluding carboxylic acids is 1. The van der Waals surface area contributed by atoms with E-state index in [0.717, 1.165) is 17.2 Å². The van der Waals surface area contributed by atoms with Crippen LogP contribution < -0.4 is 10.3 Å². The molecule has 2 aromatic carbocycles. The zero-order valence-corrected chi connectivity index (χ0v) is 12.4. The van der Waals surface area contributed by atoms with E-state index >= 15 is 0 Å². The van der Waals surface area contributed by atoms with Crippen LogP contribution in [0.1, 0.15) is 15.9 Å². The van der Waals surface area contributed by atoms with Crippen molar-refractivity contribution in [1.29, 1.82) is 0 Å². The molecular formula is C18H15NO3. The molecule has 4 nitrogen and oxygen atoms in total. The Bertz CT molecular complexity index is 925. The maximum Gasteiger partial charge on any atom is 0.262 e. The number of aldehydes is 1. The van der Waals surface area contributed by atoms with Crippen molar-refractivity contribution in [1.82, 2.24) is 4.57 Å². The molecule has 0 aliphatic heterocycles. The molecule has 110 valence electrons. The molecule has 0 spiro atoms. The lowest BCUT2D eigenvalue weighted by Crippen LogP contribution is -2.18. The quantitative estimate of drug-likeness (QED) is 0.697. The van der Waals surface area contributed by atoms with Gasteiger partial charge in [0.25, 0.3) is 5.56 Å². The lowest BCUT2D eigenvalue weighted by atomic mass is 10.1.